The maximum absolute atomic E-state index is 12.4. The maximum Gasteiger partial charge on any atom is 0.255 e. The van der Waals surface area contributed by atoms with E-state index in [-0.39, 0.29) is 5.91 Å². The third kappa shape index (κ3) is 4.74. The lowest BCUT2D eigenvalue weighted by atomic mass is 10.1. The number of rotatable bonds is 5. The number of nitrogens with one attached hydrogen (secondary N) is 1. The van der Waals surface area contributed by atoms with Gasteiger partial charge in [-0.1, -0.05) is 36.4 Å². The average Bonchev–Trinajstić information content (AvgIpc) is 2.64. The number of benzene rings is 3. The third-order valence-corrected chi connectivity index (χ3v) is 5.21. The molecule has 0 aliphatic rings. The van der Waals surface area contributed by atoms with Crippen molar-refractivity contribution in [2.45, 2.75) is 24.5 Å². The van der Waals surface area contributed by atoms with E-state index in [0.29, 0.717) is 5.56 Å². The van der Waals surface area contributed by atoms with Crippen LogP contribution in [0.15, 0.2) is 77.7 Å². The lowest BCUT2D eigenvalue weighted by Crippen LogP contribution is -2.12. The van der Waals surface area contributed by atoms with Crippen molar-refractivity contribution >= 4 is 23.4 Å². The molecule has 0 fully saturated rings. The quantitative estimate of drug-likeness (QED) is 0.587. The third-order valence-electron chi connectivity index (χ3n) is 4.13. The van der Waals surface area contributed by atoms with Gasteiger partial charge in [0.2, 0.25) is 0 Å². The van der Waals surface area contributed by atoms with E-state index in [1.165, 1.54) is 21.6 Å². The summed E-state index contributed by atoms with van der Waals surface area (Å²) in [5, 5.41) is 2.96. The zero-order valence-corrected chi connectivity index (χ0v) is 15.3. The van der Waals surface area contributed by atoms with Crippen LogP contribution in [0.25, 0.3) is 0 Å². The second-order valence-corrected chi connectivity index (χ2v) is 7.10. The lowest BCUT2D eigenvalue weighted by molar-refractivity contribution is 0.102. The van der Waals surface area contributed by atoms with Crippen molar-refractivity contribution in [3.8, 4) is 0 Å². The molecule has 3 aromatic carbocycles. The van der Waals surface area contributed by atoms with Crippen LogP contribution in [-0.2, 0) is 5.75 Å². The van der Waals surface area contributed by atoms with Crippen molar-refractivity contribution in [2.75, 3.05) is 5.32 Å². The summed E-state index contributed by atoms with van der Waals surface area (Å²) in [4.78, 5) is 13.6. The van der Waals surface area contributed by atoms with Gasteiger partial charge in [0.15, 0.2) is 0 Å². The molecule has 25 heavy (non-hydrogen) atoms. The van der Waals surface area contributed by atoms with Crippen LogP contribution in [-0.4, -0.2) is 5.91 Å². The number of carbonyl (C=O) groups excluding carboxylic acids is 1. The molecular formula is C22H21NOS. The Morgan fingerprint density at radius 2 is 1.60 bits per heavy atom. The Morgan fingerprint density at radius 1 is 0.880 bits per heavy atom. The Labute approximate surface area is 153 Å². The fraction of sp³-hybridized carbons (Fsp3) is 0.136. The topological polar surface area (TPSA) is 29.1 Å². The Morgan fingerprint density at radius 3 is 2.28 bits per heavy atom. The summed E-state index contributed by atoms with van der Waals surface area (Å²) in [6, 6.07) is 24.1. The molecule has 0 atom stereocenters. The van der Waals surface area contributed by atoms with Gasteiger partial charge in [-0.05, 0) is 66.9 Å². The summed E-state index contributed by atoms with van der Waals surface area (Å²) in [5.41, 5.74) is 5.10. The zero-order valence-electron chi connectivity index (χ0n) is 14.5. The Kier molecular flexibility index (Phi) is 5.56. The molecule has 0 radical (unpaired) electrons. The molecule has 2 nitrogen and oxygen atoms in total. The number of aryl methyl sites for hydroxylation is 2. The molecule has 0 spiro atoms. The summed E-state index contributed by atoms with van der Waals surface area (Å²) >= 11 is 1.79. The van der Waals surface area contributed by atoms with Gasteiger partial charge in [0.25, 0.3) is 5.91 Å². The van der Waals surface area contributed by atoms with E-state index >= 15 is 0 Å². The fourth-order valence-electron chi connectivity index (χ4n) is 2.46. The van der Waals surface area contributed by atoms with E-state index in [2.05, 4.69) is 24.4 Å². The smallest absolute Gasteiger partial charge is 0.255 e. The van der Waals surface area contributed by atoms with Crippen molar-refractivity contribution in [3.63, 3.8) is 0 Å². The van der Waals surface area contributed by atoms with Crippen molar-refractivity contribution in [2.24, 2.45) is 0 Å². The zero-order chi connectivity index (χ0) is 17.6. The van der Waals surface area contributed by atoms with Crippen molar-refractivity contribution in [3.05, 3.63) is 95.1 Å². The minimum atomic E-state index is -0.0782. The molecule has 3 heteroatoms. The minimum absolute atomic E-state index is 0.0782. The molecule has 3 aromatic rings. The number of hydrogen-bond acceptors (Lipinski definition) is 2. The SMILES string of the molecule is Cc1ccc(NC(=O)c2ccc(CSc3ccccc3)cc2)cc1C. The fourth-order valence-corrected chi connectivity index (χ4v) is 3.33. The van der Waals surface area contributed by atoms with Crippen LogP contribution >= 0.6 is 11.8 Å². The van der Waals surface area contributed by atoms with E-state index in [1.807, 2.05) is 67.6 Å². The van der Waals surface area contributed by atoms with Gasteiger partial charge in [-0.2, -0.15) is 0 Å². The molecule has 0 aromatic heterocycles. The first-order chi connectivity index (χ1) is 12.1. The largest absolute Gasteiger partial charge is 0.322 e. The Balaban J connectivity index is 1.61. The standard InChI is InChI=1S/C22H21NOS/c1-16-8-13-20(14-17(16)2)23-22(24)19-11-9-18(10-12-19)15-25-21-6-4-3-5-7-21/h3-14H,15H2,1-2H3,(H,23,24). The van der Waals surface area contributed by atoms with Crippen LogP contribution in [0, 0.1) is 13.8 Å². The monoisotopic (exact) mass is 347 g/mol. The summed E-state index contributed by atoms with van der Waals surface area (Å²) in [7, 11) is 0. The van der Waals surface area contributed by atoms with Crippen LogP contribution in [0.5, 0.6) is 0 Å². The van der Waals surface area contributed by atoms with E-state index in [9.17, 15) is 4.79 Å². The highest BCUT2D eigenvalue weighted by Gasteiger charge is 2.07. The van der Waals surface area contributed by atoms with Gasteiger partial charge in [-0.3, -0.25) is 4.79 Å². The second kappa shape index (κ2) is 8.04. The summed E-state index contributed by atoms with van der Waals surface area (Å²) < 4.78 is 0. The predicted octanol–water partition coefficient (Wildman–Crippen LogP) is 5.85. The van der Waals surface area contributed by atoms with Gasteiger partial charge < -0.3 is 5.32 Å². The maximum atomic E-state index is 12.4. The Hall–Kier alpha value is -2.52. The first kappa shape index (κ1) is 17.3. The van der Waals surface area contributed by atoms with Crippen molar-refractivity contribution in [1.29, 1.82) is 0 Å². The molecular weight excluding hydrogens is 326 g/mol. The van der Waals surface area contributed by atoms with Crippen LogP contribution in [0.1, 0.15) is 27.0 Å². The van der Waals surface area contributed by atoms with Gasteiger partial charge in [0.1, 0.15) is 0 Å². The summed E-state index contributed by atoms with van der Waals surface area (Å²) in [5.74, 6) is 0.814. The number of anilines is 1. The summed E-state index contributed by atoms with van der Waals surface area (Å²) in [6.07, 6.45) is 0. The average molecular weight is 347 g/mol. The minimum Gasteiger partial charge on any atom is -0.322 e. The van der Waals surface area contributed by atoms with Gasteiger partial charge in [0, 0.05) is 21.9 Å². The van der Waals surface area contributed by atoms with Gasteiger partial charge in [-0.25, -0.2) is 0 Å². The molecule has 0 aliphatic carbocycles. The van der Waals surface area contributed by atoms with Crippen molar-refractivity contribution in [1.82, 2.24) is 0 Å². The highest BCUT2D eigenvalue weighted by atomic mass is 32.2. The lowest BCUT2D eigenvalue weighted by Gasteiger charge is -2.08. The molecule has 0 unspecified atom stereocenters. The molecule has 0 heterocycles. The molecule has 0 saturated carbocycles. The first-order valence-electron chi connectivity index (χ1n) is 8.27. The first-order valence-corrected chi connectivity index (χ1v) is 9.26. The van der Waals surface area contributed by atoms with E-state index in [1.54, 1.807) is 11.8 Å². The Bertz CT molecular complexity index is 857. The molecule has 1 amide bonds. The number of hydrogen-bond donors (Lipinski definition) is 1. The van der Waals surface area contributed by atoms with Crippen LogP contribution in [0.4, 0.5) is 5.69 Å². The van der Waals surface area contributed by atoms with Crippen LogP contribution in [0.3, 0.4) is 0 Å². The molecule has 0 saturated heterocycles. The molecule has 3 rings (SSSR count). The van der Waals surface area contributed by atoms with Gasteiger partial charge >= 0.3 is 0 Å². The normalized spacial score (nSPS) is 10.5. The summed E-state index contributed by atoms with van der Waals surface area (Å²) in [6.45, 7) is 4.11. The highest BCUT2D eigenvalue weighted by molar-refractivity contribution is 7.98. The van der Waals surface area contributed by atoms with E-state index < -0.39 is 0 Å². The molecule has 126 valence electrons. The van der Waals surface area contributed by atoms with Crippen LogP contribution in [0.2, 0.25) is 0 Å². The predicted molar refractivity (Wildman–Crippen MR) is 106 cm³/mol. The molecule has 0 aliphatic heterocycles. The van der Waals surface area contributed by atoms with E-state index in [4.69, 9.17) is 0 Å². The van der Waals surface area contributed by atoms with Crippen LogP contribution < -0.4 is 5.32 Å². The number of amides is 1. The van der Waals surface area contributed by atoms with Gasteiger partial charge in [-0.15, -0.1) is 11.8 Å². The van der Waals surface area contributed by atoms with E-state index in [0.717, 1.165) is 11.4 Å². The van der Waals surface area contributed by atoms with Gasteiger partial charge in [0.05, 0.1) is 0 Å². The number of thioether (sulfide) groups is 1. The molecule has 1 N–H and O–H groups in total. The van der Waals surface area contributed by atoms with Crippen molar-refractivity contribution < 1.29 is 4.79 Å². The molecule has 0 bridgehead atoms. The second-order valence-electron chi connectivity index (χ2n) is 6.05. The number of carbonyl (C=O) groups is 1. The highest BCUT2D eigenvalue weighted by Crippen LogP contribution is 2.22.